The van der Waals surface area contributed by atoms with E-state index in [2.05, 4.69) is 0 Å². The van der Waals surface area contributed by atoms with Crippen molar-refractivity contribution in [2.75, 3.05) is 14.1 Å². The van der Waals surface area contributed by atoms with E-state index in [1.54, 1.807) is 31.2 Å². The maximum absolute atomic E-state index is 12.3. The fourth-order valence-corrected chi connectivity index (χ4v) is 3.33. The third-order valence-corrected chi connectivity index (χ3v) is 5.63. The van der Waals surface area contributed by atoms with E-state index >= 15 is 0 Å². The van der Waals surface area contributed by atoms with Gasteiger partial charge in [-0.25, -0.2) is 17.5 Å². The van der Waals surface area contributed by atoms with Gasteiger partial charge in [0.1, 0.15) is 6.10 Å². The van der Waals surface area contributed by atoms with E-state index in [-0.39, 0.29) is 10.5 Å². The van der Waals surface area contributed by atoms with Gasteiger partial charge in [0.25, 0.3) is 0 Å². The SMILES string of the molecule is C[C@H](OC(=O)c1cccc(S(=O)(=O)N(C)C)c1)c1ccccc1Cl. The molecule has 0 heterocycles. The minimum Gasteiger partial charge on any atom is -0.454 e. The number of ether oxygens (including phenoxy) is 1. The zero-order valence-corrected chi connectivity index (χ0v) is 15.1. The Morgan fingerprint density at radius 1 is 1.12 bits per heavy atom. The van der Waals surface area contributed by atoms with Crippen LogP contribution in [0.2, 0.25) is 5.02 Å². The molecule has 1 atom stereocenters. The van der Waals surface area contributed by atoms with E-state index in [1.807, 2.05) is 0 Å². The molecule has 0 N–H and O–H groups in total. The van der Waals surface area contributed by atoms with Crippen LogP contribution in [0.5, 0.6) is 0 Å². The van der Waals surface area contributed by atoms with Gasteiger partial charge in [0.15, 0.2) is 0 Å². The van der Waals surface area contributed by atoms with E-state index in [4.69, 9.17) is 16.3 Å². The van der Waals surface area contributed by atoms with Crippen molar-refractivity contribution in [3.05, 3.63) is 64.7 Å². The van der Waals surface area contributed by atoms with Gasteiger partial charge in [-0.15, -0.1) is 0 Å². The average molecular weight is 368 g/mol. The number of nitrogens with zero attached hydrogens (tertiary/aromatic N) is 1. The first-order chi connectivity index (χ1) is 11.2. The van der Waals surface area contributed by atoms with Crippen LogP contribution < -0.4 is 0 Å². The van der Waals surface area contributed by atoms with Crippen molar-refractivity contribution in [2.45, 2.75) is 17.9 Å². The Labute approximate surface area is 146 Å². The van der Waals surface area contributed by atoms with Crippen molar-refractivity contribution in [1.29, 1.82) is 0 Å². The Hall–Kier alpha value is -1.89. The van der Waals surface area contributed by atoms with Gasteiger partial charge in [-0.05, 0) is 31.2 Å². The molecule has 0 bridgehead atoms. The van der Waals surface area contributed by atoms with Crippen molar-refractivity contribution in [2.24, 2.45) is 0 Å². The molecule has 7 heteroatoms. The van der Waals surface area contributed by atoms with E-state index in [1.165, 1.54) is 38.4 Å². The van der Waals surface area contributed by atoms with Crippen LogP contribution in [-0.4, -0.2) is 32.8 Å². The third-order valence-electron chi connectivity index (χ3n) is 3.48. The molecule has 128 valence electrons. The summed E-state index contributed by atoms with van der Waals surface area (Å²) in [7, 11) is -0.755. The summed E-state index contributed by atoms with van der Waals surface area (Å²) in [5, 5.41) is 0.502. The molecule has 2 rings (SSSR count). The van der Waals surface area contributed by atoms with Gasteiger partial charge in [0, 0.05) is 24.7 Å². The molecule has 24 heavy (non-hydrogen) atoms. The maximum Gasteiger partial charge on any atom is 0.338 e. The first-order valence-corrected chi connectivity index (χ1v) is 9.03. The molecule has 2 aromatic rings. The van der Waals surface area contributed by atoms with Crippen molar-refractivity contribution >= 4 is 27.6 Å². The first kappa shape index (κ1) is 18.4. The summed E-state index contributed by atoms with van der Waals surface area (Å²) in [5.74, 6) is -0.613. The first-order valence-electron chi connectivity index (χ1n) is 7.21. The quantitative estimate of drug-likeness (QED) is 0.758. The zero-order chi connectivity index (χ0) is 17.9. The molecule has 0 saturated heterocycles. The number of rotatable bonds is 5. The Balaban J connectivity index is 2.24. The number of benzene rings is 2. The third kappa shape index (κ3) is 3.95. The number of halogens is 1. The number of hydrogen-bond donors (Lipinski definition) is 0. The number of sulfonamides is 1. The second kappa shape index (κ2) is 7.34. The molecule has 2 aromatic carbocycles. The Kier molecular flexibility index (Phi) is 5.64. The molecule has 0 unspecified atom stereocenters. The van der Waals surface area contributed by atoms with Gasteiger partial charge in [-0.3, -0.25) is 0 Å². The number of carbonyl (C=O) groups is 1. The minimum atomic E-state index is -3.62. The Morgan fingerprint density at radius 3 is 2.42 bits per heavy atom. The van der Waals surface area contributed by atoms with Crippen LogP contribution in [-0.2, 0) is 14.8 Å². The van der Waals surface area contributed by atoms with E-state index in [0.29, 0.717) is 10.6 Å². The summed E-state index contributed by atoms with van der Waals surface area (Å²) in [4.78, 5) is 12.3. The molecule has 0 fully saturated rings. The summed E-state index contributed by atoms with van der Waals surface area (Å²) >= 11 is 6.09. The molecule has 5 nitrogen and oxygen atoms in total. The van der Waals surface area contributed by atoms with Gasteiger partial charge >= 0.3 is 5.97 Å². The van der Waals surface area contributed by atoms with E-state index in [0.717, 1.165) is 4.31 Å². The Bertz CT molecular complexity index is 849. The second-order valence-electron chi connectivity index (χ2n) is 5.38. The lowest BCUT2D eigenvalue weighted by atomic mass is 10.1. The fourth-order valence-electron chi connectivity index (χ4n) is 2.09. The van der Waals surface area contributed by atoms with Crippen LogP contribution in [0.3, 0.4) is 0 Å². The highest BCUT2D eigenvalue weighted by Crippen LogP contribution is 2.26. The molecule has 0 amide bonds. The molecule has 0 aromatic heterocycles. The van der Waals surface area contributed by atoms with Gasteiger partial charge < -0.3 is 4.74 Å². The number of hydrogen-bond acceptors (Lipinski definition) is 4. The molecule has 0 spiro atoms. The van der Waals surface area contributed by atoms with Crippen LogP contribution >= 0.6 is 11.6 Å². The summed E-state index contributed by atoms with van der Waals surface area (Å²) < 4.78 is 30.8. The van der Waals surface area contributed by atoms with E-state index in [9.17, 15) is 13.2 Å². The number of carbonyl (C=O) groups excluding carboxylic acids is 1. The summed E-state index contributed by atoms with van der Waals surface area (Å²) in [6, 6.07) is 12.8. The highest BCUT2D eigenvalue weighted by Gasteiger charge is 2.20. The second-order valence-corrected chi connectivity index (χ2v) is 7.94. The summed E-state index contributed by atoms with van der Waals surface area (Å²) in [6.07, 6.45) is -0.555. The molecule has 0 aliphatic rings. The molecular weight excluding hydrogens is 350 g/mol. The fraction of sp³-hybridized carbons (Fsp3) is 0.235. The topological polar surface area (TPSA) is 63.7 Å². The van der Waals surface area contributed by atoms with Gasteiger partial charge in [-0.1, -0.05) is 35.9 Å². The van der Waals surface area contributed by atoms with Gasteiger partial charge in [-0.2, -0.15) is 0 Å². The van der Waals surface area contributed by atoms with Crippen molar-refractivity contribution in [3.63, 3.8) is 0 Å². The zero-order valence-electron chi connectivity index (χ0n) is 13.6. The smallest absolute Gasteiger partial charge is 0.338 e. The standard InChI is InChI=1S/C17H18ClNO4S/c1-12(15-9-4-5-10-16(15)18)23-17(20)13-7-6-8-14(11-13)24(21,22)19(2)3/h4-12H,1-3H3/t12-/m0/s1. The van der Waals surface area contributed by atoms with Crippen LogP contribution in [0.15, 0.2) is 53.4 Å². The van der Waals surface area contributed by atoms with Crippen LogP contribution in [0.4, 0.5) is 0 Å². The highest BCUT2D eigenvalue weighted by molar-refractivity contribution is 7.89. The van der Waals surface area contributed by atoms with Crippen molar-refractivity contribution in [3.8, 4) is 0 Å². The molecule has 0 aliphatic carbocycles. The predicted molar refractivity (Wildman–Crippen MR) is 92.6 cm³/mol. The lowest BCUT2D eigenvalue weighted by Gasteiger charge is -2.16. The monoisotopic (exact) mass is 367 g/mol. The lowest BCUT2D eigenvalue weighted by molar-refractivity contribution is 0.0338. The van der Waals surface area contributed by atoms with Gasteiger partial charge in [0.2, 0.25) is 10.0 Å². The highest BCUT2D eigenvalue weighted by atomic mass is 35.5. The normalized spacial score (nSPS) is 12.9. The molecular formula is C17H18ClNO4S. The number of esters is 1. The van der Waals surface area contributed by atoms with Gasteiger partial charge in [0.05, 0.1) is 10.5 Å². The van der Waals surface area contributed by atoms with E-state index < -0.39 is 22.1 Å². The molecule has 0 aliphatic heterocycles. The Morgan fingerprint density at radius 2 is 1.79 bits per heavy atom. The van der Waals surface area contributed by atoms with Crippen LogP contribution in [0.25, 0.3) is 0 Å². The predicted octanol–water partition coefficient (Wildman–Crippen LogP) is 3.51. The summed E-state index contributed by atoms with van der Waals surface area (Å²) in [6.45, 7) is 1.71. The average Bonchev–Trinajstić information content (AvgIpc) is 2.55. The molecule has 0 radical (unpaired) electrons. The minimum absolute atomic E-state index is 0.0346. The van der Waals surface area contributed by atoms with Crippen molar-refractivity contribution in [1.82, 2.24) is 4.31 Å². The lowest BCUT2D eigenvalue weighted by Crippen LogP contribution is -2.22. The van der Waals surface area contributed by atoms with Crippen molar-refractivity contribution < 1.29 is 17.9 Å². The van der Waals surface area contributed by atoms with Crippen LogP contribution in [0, 0.1) is 0 Å². The maximum atomic E-state index is 12.3. The molecule has 0 saturated carbocycles. The van der Waals surface area contributed by atoms with Crippen LogP contribution in [0.1, 0.15) is 28.9 Å². The summed E-state index contributed by atoms with van der Waals surface area (Å²) in [5.41, 5.74) is 0.849. The largest absolute Gasteiger partial charge is 0.454 e.